The number of nitrogens with one attached hydrogen (secondary N) is 2. The predicted octanol–water partition coefficient (Wildman–Crippen LogP) is 3.06. The Balaban J connectivity index is 0.00000300. The number of hydrogen-bond donors (Lipinski definition) is 2. The molecule has 164 valence electrons. The molecule has 3 atom stereocenters. The third-order valence-corrected chi connectivity index (χ3v) is 6.40. The summed E-state index contributed by atoms with van der Waals surface area (Å²) in [5.74, 6) is 2.33. The van der Waals surface area contributed by atoms with Crippen LogP contribution in [0.1, 0.15) is 32.8 Å². The molecule has 0 spiro atoms. The summed E-state index contributed by atoms with van der Waals surface area (Å²) in [5.41, 5.74) is 1.44. The second-order valence-corrected chi connectivity index (χ2v) is 8.92. The summed E-state index contributed by atoms with van der Waals surface area (Å²) in [7, 11) is 1.88. The molecule has 0 amide bonds. The molecule has 0 aromatic heterocycles. The topological polar surface area (TPSA) is 42.9 Å². The fourth-order valence-corrected chi connectivity index (χ4v) is 4.44. The van der Waals surface area contributed by atoms with Crippen molar-refractivity contribution in [1.29, 1.82) is 0 Å². The predicted molar refractivity (Wildman–Crippen MR) is 134 cm³/mol. The van der Waals surface area contributed by atoms with Gasteiger partial charge in [0.05, 0.1) is 0 Å². The molecule has 2 fully saturated rings. The first-order valence-electron chi connectivity index (χ1n) is 11.0. The first kappa shape index (κ1) is 24.4. The molecule has 1 aromatic carbocycles. The van der Waals surface area contributed by atoms with Crippen LogP contribution in [0, 0.1) is 11.8 Å². The molecule has 2 N–H and O–H groups in total. The summed E-state index contributed by atoms with van der Waals surface area (Å²) >= 11 is 0. The summed E-state index contributed by atoms with van der Waals surface area (Å²) in [6, 6.07) is 11.9. The van der Waals surface area contributed by atoms with Crippen molar-refractivity contribution < 1.29 is 0 Å². The molecule has 5 nitrogen and oxygen atoms in total. The first-order chi connectivity index (χ1) is 13.5. The van der Waals surface area contributed by atoms with Crippen molar-refractivity contribution in [2.75, 3.05) is 46.3 Å². The van der Waals surface area contributed by atoms with Gasteiger partial charge in [0.2, 0.25) is 0 Å². The molecule has 0 saturated carbocycles. The van der Waals surface area contributed by atoms with Crippen molar-refractivity contribution in [3.8, 4) is 0 Å². The van der Waals surface area contributed by atoms with E-state index in [0.29, 0.717) is 23.9 Å². The number of benzene rings is 1. The number of hydrogen-bond acceptors (Lipinski definition) is 3. The lowest BCUT2D eigenvalue weighted by Crippen LogP contribution is -2.48. The fourth-order valence-electron chi connectivity index (χ4n) is 4.44. The van der Waals surface area contributed by atoms with Crippen LogP contribution in [0.25, 0.3) is 0 Å². The highest BCUT2D eigenvalue weighted by molar-refractivity contribution is 14.0. The third-order valence-electron chi connectivity index (χ3n) is 6.40. The molecule has 2 aliphatic heterocycles. The van der Waals surface area contributed by atoms with Gasteiger partial charge < -0.3 is 15.5 Å². The van der Waals surface area contributed by atoms with Gasteiger partial charge in [0.15, 0.2) is 5.96 Å². The van der Waals surface area contributed by atoms with Crippen molar-refractivity contribution in [1.82, 2.24) is 20.4 Å². The fraction of sp³-hybridized carbons (Fsp3) is 0.696. The number of halogens is 1. The van der Waals surface area contributed by atoms with Gasteiger partial charge in [-0.15, -0.1) is 24.0 Å². The van der Waals surface area contributed by atoms with E-state index in [9.17, 15) is 0 Å². The molecule has 2 saturated heterocycles. The van der Waals surface area contributed by atoms with Gasteiger partial charge in [-0.05, 0) is 50.6 Å². The summed E-state index contributed by atoms with van der Waals surface area (Å²) in [6.45, 7) is 13.8. The van der Waals surface area contributed by atoms with Crippen LogP contribution in [0.2, 0.25) is 0 Å². The Bertz CT molecular complexity index is 621. The van der Waals surface area contributed by atoms with Crippen LogP contribution in [0.4, 0.5) is 0 Å². The van der Waals surface area contributed by atoms with Gasteiger partial charge in [0.25, 0.3) is 0 Å². The van der Waals surface area contributed by atoms with Gasteiger partial charge in [-0.25, -0.2) is 0 Å². The minimum absolute atomic E-state index is 0. The maximum atomic E-state index is 4.47. The van der Waals surface area contributed by atoms with Gasteiger partial charge in [-0.2, -0.15) is 0 Å². The van der Waals surface area contributed by atoms with Crippen LogP contribution >= 0.6 is 24.0 Å². The molecule has 3 unspecified atom stereocenters. The van der Waals surface area contributed by atoms with E-state index in [2.05, 4.69) is 76.5 Å². The van der Waals surface area contributed by atoms with Crippen molar-refractivity contribution in [2.45, 2.75) is 45.7 Å². The monoisotopic (exact) mass is 513 g/mol. The summed E-state index contributed by atoms with van der Waals surface area (Å²) in [4.78, 5) is 9.63. The van der Waals surface area contributed by atoms with Crippen LogP contribution in [-0.4, -0.2) is 74.2 Å². The maximum absolute atomic E-state index is 4.47. The van der Waals surface area contributed by atoms with Crippen LogP contribution in [0.3, 0.4) is 0 Å². The van der Waals surface area contributed by atoms with E-state index in [0.717, 1.165) is 32.0 Å². The number of rotatable bonds is 7. The Labute approximate surface area is 194 Å². The Hall–Kier alpha value is -0.860. The molecule has 0 aliphatic carbocycles. The van der Waals surface area contributed by atoms with E-state index in [1.807, 2.05) is 7.05 Å². The van der Waals surface area contributed by atoms with Gasteiger partial charge in [0, 0.05) is 51.9 Å². The largest absolute Gasteiger partial charge is 0.356 e. The van der Waals surface area contributed by atoms with Crippen LogP contribution in [0.5, 0.6) is 0 Å². The lowest BCUT2D eigenvalue weighted by Gasteiger charge is -2.23. The zero-order valence-electron chi connectivity index (χ0n) is 18.6. The van der Waals surface area contributed by atoms with E-state index >= 15 is 0 Å². The van der Waals surface area contributed by atoms with E-state index < -0.39 is 0 Å². The van der Waals surface area contributed by atoms with E-state index in [4.69, 9.17) is 0 Å². The van der Waals surface area contributed by atoms with E-state index in [-0.39, 0.29) is 24.0 Å². The molecule has 1 aromatic rings. The number of aliphatic imine (C=N–C) groups is 1. The molecule has 29 heavy (non-hydrogen) atoms. The quantitative estimate of drug-likeness (QED) is 0.334. The van der Waals surface area contributed by atoms with Crippen molar-refractivity contribution >= 4 is 29.9 Å². The van der Waals surface area contributed by atoms with Crippen molar-refractivity contribution in [3.63, 3.8) is 0 Å². The number of guanidine groups is 1. The lowest BCUT2D eigenvalue weighted by atomic mass is 10.1. The van der Waals surface area contributed by atoms with E-state index in [1.165, 1.54) is 31.6 Å². The number of nitrogens with zero attached hydrogens (tertiary/aromatic N) is 3. The smallest absolute Gasteiger partial charge is 0.191 e. The van der Waals surface area contributed by atoms with Gasteiger partial charge in [-0.3, -0.25) is 9.89 Å². The van der Waals surface area contributed by atoms with Gasteiger partial charge >= 0.3 is 0 Å². The van der Waals surface area contributed by atoms with Crippen molar-refractivity contribution in [2.24, 2.45) is 16.8 Å². The summed E-state index contributed by atoms with van der Waals surface area (Å²) in [6.07, 6.45) is 2.43. The summed E-state index contributed by atoms with van der Waals surface area (Å²) < 4.78 is 0. The second kappa shape index (κ2) is 12.1. The normalized spacial score (nSPS) is 26.0. The first-order valence-corrected chi connectivity index (χ1v) is 11.0. The molecular weight excluding hydrogens is 473 g/mol. The van der Waals surface area contributed by atoms with E-state index in [1.54, 1.807) is 0 Å². The van der Waals surface area contributed by atoms with Crippen molar-refractivity contribution in [3.05, 3.63) is 35.9 Å². The average molecular weight is 514 g/mol. The summed E-state index contributed by atoms with van der Waals surface area (Å²) in [5, 5.41) is 7.26. The molecule has 6 heteroatoms. The SMILES string of the molecule is CN=C(NCC1CCN(CCc2ccccc2)C1)NC1CN(C(C)C)CC1C.I. The highest BCUT2D eigenvalue weighted by Gasteiger charge is 2.31. The highest BCUT2D eigenvalue weighted by atomic mass is 127. The molecule has 0 bridgehead atoms. The molecule has 2 aliphatic rings. The van der Waals surface area contributed by atoms with Gasteiger partial charge in [-0.1, -0.05) is 37.3 Å². The lowest BCUT2D eigenvalue weighted by molar-refractivity contribution is 0.265. The zero-order valence-corrected chi connectivity index (χ0v) is 20.9. The number of likely N-dealkylation sites (tertiary alicyclic amines) is 2. The Kier molecular flexibility index (Phi) is 10.2. The second-order valence-electron chi connectivity index (χ2n) is 8.92. The zero-order chi connectivity index (χ0) is 19.9. The van der Waals surface area contributed by atoms with Crippen LogP contribution < -0.4 is 10.6 Å². The van der Waals surface area contributed by atoms with Gasteiger partial charge in [0.1, 0.15) is 0 Å². The minimum Gasteiger partial charge on any atom is -0.356 e. The van der Waals surface area contributed by atoms with Crippen LogP contribution in [-0.2, 0) is 6.42 Å². The Morgan fingerprint density at radius 1 is 1.17 bits per heavy atom. The Morgan fingerprint density at radius 3 is 2.59 bits per heavy atom. The average Bonchev–Trinajstić information content (AvgIpc) is 3.31. The minimum atomic E-state index is 0. The Morgan fingerprint density at radius 2 is 1.93 bits per heavy atom. The highest BCUT2D eigenvalue weighted by Crippen LogP contribution is 2.19. The molecular formula is C23H40IN5. The molecule has 2 heterocycles. The standard InChI is InChI=1S/C23H39N5.HI/c1-18(2)28-15-19(3)22(17-28)26-23(24-4)25-14-21-11-13-27(16-21)12-10-20-8-6-5-7-9-20;/h5-9,18-19,21-22H,10-17H2,1-4H3,(H2,24,25,26);1H. The maximum Gasteiger partial charge on any atom is 0.191 e. The third kappa shape index (κ3) is 7.40. The van der Waals surface area contributed by atoms with Crippen LogP contribution in [0.15, 0.2) is 35.3 Å². The molecule has 3 rings (SSSR count). The molecule has 0 radical (unpaired) electrons.